The number of halogens is 1. The van der Waals surface area contributed by atoms with Crippen LogP contribution in [0.15, 0.2) is 75.5 Å². The SMILES string of the molecule is N#CC1=C(N)N(c2nnc(SCc3ccc(Cl)cc3)s2)C2=C(C(=O)CCC2)C1c1cccc([N+](=O)[O-])c1. The highest BCUT2D eigenvalue weighted by atomic mass is 35.5. The number of nitrogens with two attached hydrogens (primary N) is 1. The summed E-state index contributed by atoms with van der Waals surface area (Å²) >= 11 is 8.79. The van der Waals surface area contributed by atoms with Gasteiger partial charge in [0.1, 0.15) is 5.82 Å². The average Bonchev–Trinajstić information content (AvgIpc) is 3.36. The molecule has 0 bridgehead atoms. The Morgan fingerprint density at radius 1 is 1.24 bits per heavy atom. The lowest BCUT2D eigenvalue weighted by Gasteiger charge is -2.38. The molecule has 5 rings (SSSR count). The molecule has 2 N–H and O–H groups in total. The monoisotopic (exact) mass is 550 g/mol. The molecule has 0 amide bonds. The van der Waals surface area contributed by atoms with E-state index in [0.717, 1.165) is 5.56 Å². The van der Waals surface area contributed by atoms with Crippen LogP contribution >= 0.6 is 34.7 Å². The summed E-state index contributed by atoms with van der Waals surface area (Å²) in [5.74, 6) is -0.0691. The van der Waals surface area contributed by atoms with Crippen LogP contribution in [-0.2, 0) is 10.5 Å². The molecule has 1 atom stereocenters. The first-order chi connectivity index (χ1) is 17.9. The summed E-state index contributed by atoms with van der Waals surface area (Å²) in [6.45, 7) is 0. The number of hydrogen-bond donors (Lipinski definition) is 1. The minimum atomic E-state index is -0.782. The third-order valence-electron chi connectivity index (χ3n) is 6.19. The number of anilines is 1. The van der Waals surface area contributed by atoms with Crippen LogP contribution in [0.25, 0.3) is 0 Å². The summed E-state index contributed by atoms with van der Waals surface area (Å²) in [7, 11) is 0. The van der Waals surface area contributed by atoms with Crippen LogP contribution in [0, 0.1) is 21.4 Å². The molecule has 12 heteroatoms. The molecule has 1 unspecified atom stereocenters. The predicted molar refractivity (Wildman–Crippen MR) is 142 cm³/mol. The van der Waals surface area contributed by atoms with Crippen molar-refractivity contribution in [3.63, 3.8) is 0 Å². The minimum Gasteiger partial charge on any atom is -0.384 e. The van der Waals surface area contributed by atoms with Crippen molar-refractivity contribution in [1.82, 2.24) is 10.2 Å². The second-order valence-corrected chi connectivity index (χ2v) is 11.0. The molecule has 3 aromatic rings. The number of ketones is 1. The highest BCUT2D eigenvalue weighted by molar-refractivity contribution is 8.00. The maximum Gasteiger partial charge on any atom is 0.269 e. The van der Waals surface area contributed by atoms with Crippen molar-refractivity contribution in [3.05, 3.63) is 97.5 Å². The van der Waals surface area contributed by atoms with E-state index in [4.69, 9.17) is 17.3 Å². The molecule has 2 aromatic carbocycles. The molecule has 0 fully saturated rings. The fraction of sp³-hybridized carbons (Fsp3) is 0.200. The zero-order chi connectivity index (χ0) is 26.1. The van der Waals surface area contributed by atoms with Gasteiger partial charge in [0.05, 0.1) is 22.5 Å². The van der Waals surface area contributed by atoms with Crippen molar-refractivity contribution in [1.29, 1.82) is 5.26 Å². The number of thioether (sulfide) groups is 1. The molecule has 186 valence electrons. The Morgan fingerprint density at radius 2 is 2.03 bits per heavy atom. The topological polar surface area (TPSA) is 139 Å². The Kier molecular flexibility index (Phi) is 6.97. The van der Waals surface area contributed by atoms with Gasteiger partial charge in [0.15, 0.2) is 10.1 Å². The van der Waals surface area contributed by atoms with Gasteiger partial charge in [-0.1, -0.05) is 59.0 Å². The first-order valence-corrected chi connectivity index (χ1v) is 13.5. The van der Waals surface area contributed by atoms with E-state index in [0.29, 0.717) is 56.3 Å². The normalized spacial score (nSPS) is 17.6. The predicted octanol–water partition coefficient (Wildman–Crippen LogP) is 5.70. The van der Waals surface area contributed by atoms with Crippen LogP contribution in [0.4, 0.5) is 10.8 Å². The summed E-state index contributed by atoms with van der Waals surface area (Å²) in [5.41, 5.74) is 9.25. The Morgan fingerprint density at radius 3 is 2.76 bits per heavy atom. The van der Waals surface area contributed by atoms with Gasteiger partial charge in [-0.3, -0.25) is 19.8 Å². The summed E-state index contributed by atoms with van der Waals surface area (Å²) in [6.07, 6.45) is 1.51. The van der Waals surface area contributed by atoms with Gasteiger partial charge < -0.3 is 5.73 Å². The summed E-state index contributed by atoms with van der Waals surface area (Å²) in [5, 5.41) is 31.3. The van der Waals surface area contributed by atoms with Crippen LogP contribution in [0.2, 0.25) is 5.02 Å². The van der Waals surface area contributed by atoms with Gasteiger partial charge in [0, 0.05) is 40.6 Å². The van der Waals surface area contributed by atoms with E-state index in [2.05, 4.69) is 16.3 Å². The van der Waals surface area contributed by atoms with E-state index in [1.807, 2.05) is 24.3 Å². The molecular formula is C25H19ClN6O3S2. The number of aromatic nitrogens is 2. The third-order valence-corrected chi connectivity index (χ3v) is 8.56. The number of carbonyl (C=O) groups excluding carboxylic acids is 1. The Labute approximate surface area is 225 Å². The number of hydrogen-bond acceptors (Lipinski definition) is 10. The van der Waals surface area contributed by atoms with Crippen LogP contribution in [-0.4, -0.2) is 20.9 Å². The second-order valence-electron chi connectivity index (χ2n) is 8.43. The summed E-state index contributed by atoms with van der Waals surface area (Å²) < 4.78 is 0.710. The number of non-ortho nitro benzene ring substituents is 1. The first kappa shape index (κ1) is 25.0. The fourth-order valence-electron chi connectivity index (χ4n) is 4.53. The molecule has 2 heterocycles. The smallest absolute Gasteiger partial charge is 0.269 e. The zero-order valence-corrected chi connectivity index (χ0v) is 21.6. The minimum absolute atomic E-state index is 0.107. The van der Waals surface area contributed by atoms with Crippen LogP contribution in [0.1, 0.15) is 36.3 Å². The average molecular weight is 551 g/mol. The van der Waals surface area contributed by atoms with Crippen molar-refractivity contribution in [2.45, 2.75) is 35.3 Å². The molecule has 0 radical (unpaired) electrons. The van der Waals surface area contributed by atoms with Crippen molar-refractivity contribution < 1.29 is 9.72 Å². The molecule has 1 aliphatic heterocycles. The van der Waals surface area contributed by atoms with Crippen LogP contribution in [0.5, 0.6) is 0 Å². The highest BCUT2D eigenvalue weighted by Crippen LogP contribution is 2.47. The van der Waals surface area contributed by atoms with Crippen molar-refractivity contribution >= 4 is 51.3 Å². The number of nitriles is 1. The highest BCUT2D eigenvalue weighted by Gasteiger charge is 2.41. The van der Waals surface area contributed by atoms with Gasteiger partial charge in [-0.2, -0.15) is 5.26 Å². The lowest BCUT2D eigenvalue weighted by atomic mass is 9.75. The number of rotatable bonds is 6. The molecular weight excluding hydrogens is 532 g/mol. The standard InChI is InChI=1S/C25H19ClN6O3S2/c26-16-9-7-14(8-10-16)13-36-25-30-29-24(37-25)31-19-5-2-6-20(33)22(19)21(18(12-27)23(31)28)15-3-1-4-17(11-15)32(34)35/h1,3-4,7-11,21H,2,5-6,13,28H2. The maximum atomic E-state index is 13.2. The molecule has 0 spiro atoms. The number of nitro groups is 1. The molecule has 1 aromatic heterocycles. The number of allylic oxidation sites excluding steroid dienone is 3. The van der Waals surface area contributed by atoms with Gasteiger partial charge in [0.25, 0.3) is 5.69 Å². The third kappa shape index (κ3) is 4.83. The fourth-order valence-corrected chi connectivity index (χ4v) is 6.50. The number of nitrogens with zero attached hydrogens (tertiary/aromatic N) is 5. The molecule has 0 saturated carbocycles. The molecule has 9 nitrogen and oxygen atoms in total. The van der Waals surface area contributed by atoms with E-state index in [1.54, 1.807) is 17.0 Å². The number of benzene rings is 2. The van der Waals surface area contributed by atoms with E-state index in [1.165, 1.54) is 35.2 Å². The van der Waals surface area contributed by atoms with E-state index in [-0.39, 0.29) is 22.9 Å². The lowest BCUT2D eigenvalue weighted by Crippen LogP contribution is -2.38. The zero-order valence-electron chi connectivity index (χ0n) is 19.3. The number of Topliss-reactive ketones (excluding diaryl/α,β-unsaturated/α-hetero) is 1. The quantitative estimate of drug-likeness (QED) is 0.232. The van der Waals surface area contributed by atoms with Gasteiger partial charge in [-0.25, -0.2) is 0 Å². The van der Waals surface area contributed by atoms with E-state index >= 15 is 0 Å². The summed E-state index contributed by atoms with van der Waals surface area (Å²) in [6, 6.07) is 15.7. The van der Waals surface area contributed by atoms with Gasteiger partial charge >= 0.3 is 0 Å². The largest absolute Gasteiger partial charge is 0.384 e. The van der Waals surface area contributed by atoms with Crippen molar-refractivity contribution in [2.24, 2.45) is 5.73 Å². The van der Waals surface area contributed by atoms with Crippen LogP contribution in [0.3, 0.4) is 0 Å². The Hall–Kier alpha value is -3.72. The second kappa shape index (κ2) is 10.3. The maximum absolute atomic E-state index is 13.2. The Bertz CT molecular complexity index is 1510. The van der Waals surface area contributed by atoms with Crippen LogP contribution < -0.4 is 10.6 Å². The molecule has 2 aliphatic rings. The van der Waals surface area contributed by atoms with Crippen molar-refractivity contribution in [3.8, 4) is 6.07 Å². The number of carbonyl (C=O) groups is 1. The molecule has 1 aliphatic carbocycles. The molecule has 0 saturated heterocycles. The van der Waals surface area contributed by atoms with Gasteiger partial charge in [0.2, 0.25) is 5.13 Å². The van der Waals surface area contributed by atoms with Gasteiger partial charge in [-0.05, 0) is 36.1 Å². The molecule has 37 heavy (non-hydrogen) atoms. The number of nitro benzene ring substituents is 1. The summed E-state index contributed by atoms with van der Waals surface area (Å²) in [4.78, 5) is 25.8. The lowest BCUT2D eigenvalue weighted by molar-refractivity contribution is -0.384. The van der Waals surface area contributed by atoms with E-state index < -0.39 is 10.8 Å². The Balaban J connectivity index is 1.53. The first-order valence-electron chi connectivity index (χ1n) is 11.3. The van der Waals surface area contributed by atoms with Crippen molar-refractivity contribution in [2.75, 3.05) is 4.90 Å². The van der Waals surface area contributed by atoms with E-state index in [9.17, 15) is 20.2 Å². The van der Waals surface area contributed by atoms with Gasteiger partial charge in [-0.15, -0.1) is 10.2 Å².